The van der Waals surface area contributed by atoms with E-state index in [-0.39, 0.29) is 18.3 Å². The van der Waals surface area contributed by atoms with Crippen LogP contribution in [-0.2, 0) is 0 Å². The zero-order valence-electron chi connectivity index (χ0n) is 10.3. The number of thiazole rings is 1. The van der Waals surface area contributed by atoms with Gasteiger partial charge >= 0.3 is 0 Å². The van der Waals surface area contributed by atoms with E-state index in [4.69, 9.17) is 0 Å². The fourth-order valence-corrected chi connectivity index (χ4v) is 3.78. The smallest absolute Gasteiger partial charge is 0.274 e. The lowest BCUT2D eigenvalue weighted by Gasteiger charge is -2.22. The molecule has 2 atom stereocenters. The first-order valence-electron chi connectivity index (χ1n) is 6.27. The van der Waals surface area contributed by atoms with Gasteiger partial charge in [0.05, 0.1) is 0 Å². The van der Waals surface area contributed by atoms with Crippen molar-refractivity contribution in [3.05, 3.63) is 23.5 Å². The predicted octanol–water partition coefficient (Wildman–Crippen LogP) is 1.25. The van der Waals surface area contributed by atoms with Crippen LogP contribution in [-0.4, -0.2) is 45.9 Å². The molecule has 5 nitrogen and oxygen atoms in total. The Kier molecular flexibility index (Phi) is 3.24. The summed E-state index contributed by atoms with van der Waals surface area (Å²) in [4.78, 5) is 19.8. The van der Waals surface area contributed by atoms with E-state index in [1.54, 1.807) is 11.3 Å². The normalized spacial score (nSPS) is 25.6. The Labute approximate surface area is 121 Å². The molecule has 7 heteroatoms. The Morgan fingerprint density at radius 1 is 1.47 bits per heavy atom. The van der Waals surface area contributed by atoms with Crippen LogP contribution >= 0.6 is 23.7 Å². The molecule has 2 aromatic heterocycles. The van der Waals surface area contributed by atoms with Crippen molar-refractivity contribution in [1.82, 2.24) is 19.6 Å². The maximum absolute atomic E-state index is 12.5. The number of nitrogens with one attached hydrogen (secondary N) is 1. The molecule has 0 spiro atoms. The number of aromatic nitrogens is 2. The maximum atomic E-state index is 12.5. The number of carbonyl (C=O) groups is 1. The second kappa shape index (κ2) is 4.77. The molecule has 0 aliphatic carbocycles. The molecule has 2 aliphatic heterocycles. The minimum absolute atomic E-state index is 0. The van der Waals surface area contributed by atoms with Gasteiger partial charge in [-0.2, -0.15) is 0 Å². The Hall–Kier alpha value is -1.11. The van der Waals surface area contributed by atoms with Crippen LogP contribution in [0.5, 0.6) is 0 Å². The first kappa shape index (κ1) is 12.9. The standard InChI is InChI=1S/C12H14N4OS.ClH/c17-11(9-7-15-3-4-18-12(15)14-9)16-2-1-8-5-13-6-10(8)16;/h3-4,7-8,10,13H,1-2,5-6H2;1H/t8-,10+;/m0./s1. The van der Waals surface area contributed by atoms with Crippen molar-refractivity contribution in [2.24, 2.45) is 5.92 Å². The zero-order valence-corrected chi connectivity index (χ0v) is 11.9. The first-order valence-corrected chi connectivity index (χ1v) is 7.15. The van der Waals surface area contributed by atoms with Crippen molar-refractivity contribution in [3.63, 3.8) is 0 Å². The van der Waals surface area contributed by atoms with Gasteiger partial charge in [-0.15, -0.1) is 23.7 Å². The van der Waals surface area contributed by atoms with Crippen LogP contribution in [0.1, 0.15) is 16.9 Å². The number of hydrogen-bond acceptors (Lipinski definition) is 4. The summed E-state index contributed by atoms with van der Waals surface area (Å²) in [5.74, 6) is 0.722. The van der Waals surface area contributed by atoms with Crippen molar-refractivity contribution in [3.8, 4) is 0 Å². The van der Waals surface area contributed by atoms with Crippen LogP contribution in [0.25, 0.3) is 4.96 Å². The highest BCUT2D eigenvalue weighted by Gasteiger charge is 2.40. The molecule has 0 unspecified atom stereocenters. The molecule has 0 saturated carbocycles. The maximum Gasteiger partial charge on any atom is 0.274 e. The predicted molar refractivity (Wildman–Crippen MR) is 76.1 cm³/mol. The third kappa shape index (κ3) is 1.94. The molecule has 2 saturated heterocycles. The molecule has 0 radical (unpaired) electrons. The Bertz CT molecular complexity index is 581. The molecule has 4 rings (SSSR count). The van der Waals surface area contributed by atoms with Gasteiger partial charge < -0.3 is 10.2 Å². The van der Waals surface area contributed by atoms with Gasteiger partial charge in [-0.3, -0.25) is 9.20 Å². The van der Waals surface area contributed by atoms with Crippen LogP contribution in [0.15, 0.2) is 17.8 Å². The minimum atomic E-state index is 0. The highest BCUT2D eigenvalue weighted by atomic mass is 35.5. The quantitative estimate of drug-likeness (QED) is 0.862. The SMILES string of the molecule is Cl.O=C(c1cn2ccsc2n1)N1CC[C@H]2CNC[C@H]21. The summed E-state index contributed by atoms with van der Waals surface area (Å²) in [5.41, 5.74) is 0.578. The summed E-state index contributed by atoms with van der Waals surface area (Å²) in [6, 6.07) is 0.372. The monoisotopic (exact) mass is 298 g/mol. The van der Waals surface area contributed by atoms with Gasteiger partial charge in [-0.05, 0) is 12.3 Å². The summed E-state index contributed by atoms with van der Waals surface area (Å²) in [6.07, 6.45) is 4.89. The number of halogens is 1. The van der Waals surface area contributed by atoms with E-state index in [9.17, 15) is 4.79 Å². The van der Waals surface area contributed by atoms with Crippen LogP contribution in [0.4, 0.5) is 0 Å². The van der Waals surface area contributed by atoms with Gasteiger partial charge in [-0.1, -0.05) is 0 Å². The lowest BCUT2D eigenvalue weighted by atomic mass is 10.1. The molecule has 102 valence electrons. The lowest BCUT2D eigenvalue weighted by Crippen LogP contribution is -2.39. The lowest BCUT2D eigenvalue weighted by molar-refractivity contribution is 0.0732. The number of carbonyl (C=O) groups excluding carboxylic acids is 1. The highest BCUT2D eigenvalue weighted by Crippen LogP contribution is 2.28. The largest absolute Gasteiger partial charge is 0.333 e. The van der Waals surface area contributed by atoms with E-state index in [2.05, 4.69) is 10.3 Å². The number of imidazole rings is 1. The van der Waals surface area contributed by atoms with Crippen LogP contribution in [0.2, 0.25) is 0 Å². The Balaban J connectivity index is 0.00000110. The molecule has 1 amide bonds. The fourth-order valence-electron chi connectivity index (χ4n) is 3.08. The number of rotatable bonds is 1. The van der Waals surface area contributed by atoms with Crippen LogP contribution in [0.3, 0.4) is 0 Å². The van der Waals surface area contributed by atoms with Crippen molar-refractivity contribution in [1.29, 1.82) is 0 Å². The summed E-state index contributed by atoms with van der Waals surface area (Å²) in [7, 11) is 0. The van der Waals surface area contributed by atoms with Gasteiger partial charge in [0.1, 0.15) is 5.69 Å². The van der Waals surface area contributed by atoms with E-state index in [0.717, 1.165) is 31.0 Å². The molecule has 19 heavy (non-hydrogen) atoms. The number of amides is 1. The minimum Gasteiger partial charge on any atom is -0.333 e. The third-order valence-corrected chi connectivity index (χ3v) is 4.79. The molecule has 0 bridgehead atoms. The molecular formula is C12H15ClN4OS. The van der Waals surface area contributed by atoms with Gasteiger partial charge in [0.25, 0.3) is 5.91 Å². The average Bonchev–Trinajstić information content (AvgIpc) is 3.07. The number of likely N-dealkylation sites (tertiary alicyclic amines) is 1. The van der Waals surface area contributed by atoms with Gasteiger partial charge in [0.2, 0.25) is 0 Å². The molecule has 0 aromatic carbocycles. The van der Waals surface area contributed by atoms with Crippen molar-refractivity contribution in [2.75, 3.05) is 19.6 Å². The molecule has 2 aliphatic rings. The topological polar surface area (TPSA) is 49.6 Å². The molecule has 2 aromatic rings. The van der Waals surface area contributed by atoms with E-state index in [0.29, 0.717) is 17.7 Å². The first-order chi connectivity index (χ1) is 8.83. The summed E-state index contributed by atoms with van der Waals surface area (Å²) < 4.78 is 1.92. The van der Waals surface area contributed by atoms with Gasteiger partial charge in [-0.25, -0.2) is 4.98 Å². The van der Waals surface area contributed by atoms with Crippen molar-refractivity contribution < 1.29 is 4.79 Å². The van der Waals surface area contributed by atoms with Crippen LogP contribution < -0.4 is 5.32 Å². The van der Waals surface area contributed by atoms with Gasteiger partial charge in [0, 0.05) is 43.4 Å². The van der Waals surface area contributed by atoms with Crippen LogP contribution in [0, 0.1) is 5.92 Å². The summed E-state index contributed by atoms with van der Waals surface area (Å²) in [5, 5.41) is 5.34. The van der Waals surface area contributed by atoms with Crippen molar-refractivity contribution >= 4 is 34.6 Å². The molecule has 4 heterocycles. The third-order valence-electron chi connectivity index (χ3n) is 4.02. The zero-order chi connectivity index (χ0) is 12.1. The Morgan fingerprint density at radius 2 is 2.37 bits per heavy atom. The van der Waals surface area contributed by atoms with E-state index in [1.165, 1.54) is 0 Å². The fraction of sp³-hybridized carbons (Fsp3) is 0.500. The second-order valence-corrected chi connectivity index (χ2v) is 5.86. The highest BCUT2D eigenvalue weighted by molar-refractivity contribution is 7.15. The van der Waals surface area contributed by atoms with E-state index in [1.807, 2.05) is 27.1 Å². The molecule has 1 N–H and O–H groups in total. The number of hydrogen-bond donors (Lipinski definition) is 1. The van der Waals surface area contributed by atoms with Gasteiger partial charge in [0.15, 0.2) is 4.96 Å². The average molecular weight is 299 g/mol. The van der Waals surface area contributed by atoms with E-state index >= 15 is 0 Å². The number of fused-ring (bicyclic) bond motifs is 2. The molecule has 2 fully saturated rings. The summed E-state index contributed by atoms with van der Waals surface area (Å²) >= 11 is 1.56. The second-order valence-electron chi connectivity index (χ2n) is 4.99. The number of nitrogens with zero attached hydrogens (tertiary/aromatic N) is 3. The summed E-state index contributed by atoms with van der Waals surface area (Å²) in [6.45, 7) is 2.85. The molecular weight excluding hydrogens is 284 g/mol. The van der Waals surface area contributed by atoms with Crippen molar-refractivity contribution in [2.45, 2.75) is 12.5 Å². The van der Waals surface area contributed by atoms with E-state index < -0.39 is 0 Å². The Morgan fingerprint density at radius 3 is 3.21 bits per heavy atom.